The van der Waals surface area contributed by atoms with Gasteiger partial charge in [0.25, 0.3) is 10.2 Å². The molecule has 0 saturated carbocycles. The van der Waals surface area contributed by atoms with Gasteiger partial charge in [-0.1, -0.05) is 0 Å². The number of rotatable bonds is 4. The van der Waals surface area contributed by atoms with Gasteiger partial charge in [-0.3, -0.25) is 4.79 Å². The SMILES string of the molecule is Cc1cc(I)ccc1NC(=O)[C@@H]1CCCN(S(=O)(=O)N(C)C)C1. The molecule has 23 heavy (non-hydrogen) atoms. The lowest BCUT2D eigenvalue weighted by atomic mass is 9.98. The third kappa shape index (κ3) is 4.43. The van der Waals surface area contributed by atoms with Crippen LogP contribution in [0.4, 0.5) is 5.69 Å². The molecule has 128 valence electrons. The number of carbonyl (C=O) groups is 1. The number of nitrogens with zero attached hydrogens (tertiary/aromatic N) is 2. The number of aryl methyl sites for hydroxylation is 1. The summed E-state index contributed by atoms with van der Waals surface area (Å²) in [6.45, 7) is 2.64. The number of anilines is 1. The van der Waals surface area contributed by atoms with Crippen molar-refractivity contribution in [3.05, 3.63) is 27.3 Å². The highest BCUT2D eigenvalue weighted by molar-refractivity contribution is 14.1. The average Bonchev–Trinajstić information content (AvgIpc) is 2.50. The lowest BCUT2D eigenvalue weighted by Gasteiger charge is -2.32. The number of carbonyl (C=O) groups excluding carboxylic acids is 1. The Morgan fingerprint density at radius 3 is 2.70 bits per heavy atom. The summed E-state index contributed by atoms with van der Waals surface area (Å²) >= 11 is 2.23. The molecule has 1 fully saturated rings. The van der Waals surface area contributed by atoms with E-state index in [9.17, 15) is 13.2 Å². The summed E-state index contributed by atoms with van der Waals surface area (Å²) in [4.78, 5) is 12.5. The van der Waals surface area contributed by atoms with Crippen molar-refractivity contribution in [3.8, 4) is 0 Å². The topological polar surface area (TPSA) is 69.7 Å². The summed E-state index contributed by atoms with van der Waals surface area (Å²) in [7, 11) is -0.452. The summed E-state index contributed by atoms with van der Waals surface area (Å²) in [5.74, 6) is -0.440. The number of hydrogen-bond acceptors (Lipinski definition) is 3. The van der Waals surface area contributed by atoms with Gasteiger partial charge in [-0.05, 0) is 66.1 Å². The molecule has 2 rings (SSSR count). The van der Waals surface area contributed by atoms with Gasteiger partial charge in [-0.2, -0.15) is 17.0 Å². The highest BCUT2D eigenvalue weighted by Crippen LogP contribution is 2.23. The Morgan fingerprint density at radius 1 is 1.39 bits per heavy atom. The Morgan fingerprint density at radius 2 is 2.09 bits per heavy atom. The van der Waals surface area contributed by atoms with E-state index in [0.29, 0.717) is 19.4 Å². The van der Waals surface area contributed by atoms with Crippen molar-refractivity contribution in [2.45, 2.75) is 19.8 Å². The van der Waals surface area contributed by atoms with Crippen LogP contribution in [0.25, 0.3) is 0 Å². The molecule has 1 saturated heterocycles. The fourth-order valence-electron chi connectivity index (χ4n) is 2.60. The highest BCUT2D eigenvalue weighted by Gasteiger charge is 2.33. The zero-order chi connectivity index (χ0) is 17.2. The number of amides is 1. The monoisotopic (exact) mass is 451 g/mol. The summed E-state index contributed by atoms with van der Waals surface area (Å²) in [6.07, 6.45) is 1.39. The molecule has 1 heterocycles. The van der Waals surface area contributed by atoms with Crippen LogP contribution in [0.3, 0.4) is 0 Å². The van der Waals surface area contributed by atoms with Gasteiger partial charge in [-0.15, -0.1) is 0 Å². The number of benzene rings is 1. The first-order chi connectivity index (χ1) is 10.7. The van der Waals surface area contributed by atoms with Crippen molar-refractivity contribution < 1.29 is 13.2 Å². The van der Waals surface area contributed by atoms with Gasteiger partial charge >= 0.3 is 0 Å². The Balaban J connectivity index is 2.08. The molecule has 0 aliphatic carbocycles. The molecule has 0 aromatic heterocycles. The molecule has 6 nitrogen and oxygen atoms in total. The van der Waals surface area contributed by atoms with E-state index in [0.717, 1.165) is 14.8 Å². The maximum absolute atomic E-state index is 12.5. The third-order valence-electron chi connectivity index (χ3n) is 3.99. The zero-order valence-electron chi connectivity index (χ0n) is 13.5. The minimum Gasteiger partial charge on any atom is -0.326 e. The van der Waals surface area contributed by atoms with E-state index in [1.54, 1.807) is 0 Å². The van der Waals surface area contributed by atoms with Crippen molar-refractivity contribution in [1.82, 2.24) is 8.61 Å². The van der Waals surface area contributed by atoms with Gasteiger partial charge in [0.1, 0.15) is 0 Å². The Hall–Kier alpha value is -0.710. The number of nitrogens with one attached hydrogen (secondary N) is 1. The van der Waals surface area contributed by atoms with E-state index in [-0.39, 0.29) is 18.4 Å². The van der Waals surface area contributed by atoms with Crippen molar-refractivity contribution in [2.24, 2.45) is 5.92 Å². The maximum atomic E-state index is 12.5. The molecule has 1 aliphatic rings. The average molecular weight is 451 g/mol. The number of piperidine rings is 1. The number of halogens is 1. The first-order valence-corrected chi connectivity index (χ1v) is 9.94. The van der Waals surface area contributed by atoms with Crippen molar-refractivity contribution in [2.75, 3.05) is 32.5 Å². The maximum Gasteiger partial charge on any atom is 0.281 e. The molecule has 0 unspecified atom stereocenters. The molecule has 8 heteroatoms. The molecule has 0 bridgehead atoms. The molecule has 1 amide bonds. The van der Waals surface area contributed by atoms with Gasteiger partial charge in [0.05, 0.1) is 5.92 Å². The standard InChI is InChI=1S/C15H22IN3O3S/c1-11-9-13(16)6-7-14(11)17-15(20)12-5-4-8-19(10-12)23(21,22)18(2)3/h6-7,9,12H,4-5,8,10H2,1-3H3,(H,17,20)/t12-/m1/s1. The fourth-order valence-corrected chi connectivity index (χ4v) is 4.44. The quantitative estimate of drug-likeness (QED) is 0.713. The van der Waals surface area contributed by atoms with Crippen molar-refractivity contribution in [3.63, 3.8) is 0 Å². The smallest absolute Gasteiger partial charge is 0.281 e. The molecule has 1 atom stereocenters. The second-order valence-corrected chi connectivity index (χ2v) is 9.32. The summed E-state index contributed by atoms with van der Waals surface area (Å²) < 4.78 is 28.1. The van der Waals surface area contributed by atoms with Crippen LogP contribution in [-0.4, -0.2) is 50.1 Å². The minimum atomic E-state index is -3.47. The van der Waals surface area contributed by atoms with Crippen molar-refractivity contribution in [1.29, 1.82) is 0 Å². The third-order valence-corrected chi connectivity index (χ3v) is 6.57. The summed E-state index contributed by atoms with van der Waals surface area (Å²) in [6, 6.07) is 5.82. The van der Waals surface area contributed by atoms with E-state index in [2.05, 4.69) is 27.9 Å². The molecule has 1 N–H and O–H groups in total. The van der Waals surface area contributed by atoms with Gasteiger partial charge in [0.2, 0.25) is 5.91 Å². The van der Waals surface area contributed by atoms with E-state index >= 15 is 0 Å². The van der Waals surface area contributed by atoms with Crippen LogP contribution in [-0.2, 0) is 15.0 Å². The van der Waals surface area contributed by atoms with Gasteiger partial charge in [0.15, 0.2) is 0 Å². The first-order valence-electron chi connectivity index (χ1n) is 7.46. The van der Waals surface area contributed by atoms with Crippen molar-refractivity contribution >= 4 is 44.4 Å². The second-order valence-electron chi connectivity index (χ2n) is 5.94. The minimum absolute atomic E-state index is 0.118. The Bertz CT molecular complexity index is 691. The first kappa shape index (κ1) is 18.6. The predicted octanol–water partition coefficient (Wildman–Crippen LogP) is 2.06. The van der Waals surface area contributed by atoms with Crippen LogP contribution in [0.1, 0.15) is 18.4 Å². The predicted molar refractivity (Wildman–Crippen MR) is 99.4 cm³/mol. The van der Waals surface area contributed by atoms with E-state index in [1.165, 1.54) is 22.7 Å². The molecule has 1 aromatic carbocycles. The lowest BCUT2D eigenvalue weighted by Crippen LogP contribution is -2.47. The number of hydrogen-bond donors (Lipinski definition) is 1. The van der Waals surface area contributed by atoms with Crippen LogP contribution < -0.4 is 5.32 Å². The molecule has 0 radical (unpaired) electrons. The molecule has 0 spiro atoms. The Labute approximate surface area is 151 Å². The van der Waals surface area contributed by atoms with Gasteiger partial charge in [0, 0.05) is 36.4 Å². The zero-order valence-corrected chi connectivity index (χ0v) is 16.5. The highest BCUT2D eigenvalue weighted by atomic mass is 127. The fraction of sp³-hybridized carbons (Fsp3) is 0.533. The molecule has 1 aliphatic heterocycles. The summed E-state index contributed by atoms with van der Waals surface area (Å²) in [5.41, 5.74) is 1.78. The molecular weight excluding hydrogens is 429 g/mol. The molecule has 1 aromatic rings. The molecular formula is C15H22IN3O3S. The lowest BCUT2D eigenvalue weighted by molar-refractivity contribution is -0.120. The van der Waals surface area contributed by atoms with Gasteiger partial charge in [-0.25, -0.2) is 0 Å². The second kappa shape index (κ2) is 7.45. The van der Waals surface area contributed by atoms with Crippen LogP contribution in [0.5, 0.6) is 0 Å². The van der Waals surface area contributed by atoms with Gasteiger partial charge < -0.3 is 5.32 Å². The van der Waals surface area contributed by atoms with E-state index in [4.69, 9.17) is 0 Å². The van der Waals surface area contributed by atoms with E-state index < -0.39 is 10.2 Å². The normalized spacial score (nSPS) is 19.8. The van der Waals surface area contributed by atoms with Crippen LogP contribution >= 0.6 is 22.6 Å². The largest absolute Gasteiger partial charge is 0.326 e. The van der Waals surface area contributed by atoms with Crippen LogP contribution in [0.2, 0.25) is 0 Å². The summed E-state index contributed by atoms with van der Waals surface area (Å²) in [5, 5.41) is 2.93. The van der Waals surface area contributed by atoms with E-state index in [1.807, 2.05) is 25.1 Å². The van der Waals surface area contributed by atoms with Crippen LogP contribution in [0.15, 0.2) is 18.2 Å². The van der Waals surface area contributed by atoms with Crippen LogP contribution in [0, 0.1) is 16.4 Å². The Kier molecular flexibility index (Phi) is 6.04.